The van der Waals surface area contributed by atoms with Gasteiger partial charge in [0.15, 0.2) is 0 Å². The van der Waals surface area contributed by atoms with Crippen molar-refractivity contribution in [3.8, 4) is 0 Å². The number of aryl methyl sites for hydroxylation is 1. The van der Waals surface area contributed by atoms with Crippen molar-refractivity contribution >= 4 is 34.2 Å². The molecule has 0 aliphatic rings. The molecular weight excluding hydrogens is 392 g/mol. The number of ether oxygens (including phenoxy) is 2. The minimum absolute atomic E-state index is 0. The summed E-state index contributed by atoms with van der Waals surface area (Å²) in [4.78, 5) is 28.4. The van der Waals surface area contributed by atoms with Gasteiger partial charge < -0.3 is 27.2 Å². The number of carbonyl (C=O) groups is 2. The minimum Gasteiger partial charge on any atom is -1.00 e. The summed E-state index contributed by atoms with van der Waals surface area (Å²) < 4.78 is 10.1. The molecule has 0 amide bonds. The number of pyridine rings is 1. The van der Waals surface area contributed by atoms with Gasteiger partial charge in [-0.15, -0.1) is 0 Å². The van der Waals surface area contributed by atoms with E-state index in [9.17, 15) is 9.59 Å². The predicted octanol–water partition coefficient (Wildman–Crippen LogP) is 1.64. The van der Waals surface area contributed by atoms with Crippen molar-refractivity contribution in [3.05, 3.63) is 65.4 Å². The summed E-state index contributed by atoms with van der Waals surface area (Å²) in [5, 5.41) is 4.15. The maximum absolute atomic E-state index is 12.1. The van der Waals surface area contributed by atoms with E-state index in [1.165, 1.54) is 0 Å². The summed E-state index contributed by atoms with van der Waals surface area (Å²) in [7, 11) is 0. The van der Waals surface area contributed by atoms with Gasteiger partial charge >= 0.3 is 11.9 Å². The number of carbonyl (C=O) groups excluding carboxylic acids is 2. The van der Waals surface area contributed by atoms with Crippen molar-refractivity contribution in [1.29, 1.82) is 0 Å². The Bertz CT molecular complexity index is 1020. The summed E-state index contributed by atoms with van der Waals surface area (Å²) in [6.07, 6.45) is 0. The first-order valence-corrected chi connectivity index (χ1v) is 9.14. The zero-order chi connectivity index (χ0) is 20.1. The second-order valence-electron chi connectivity index (χ2n) is 6.19. The second kappa shape index (κ2) is 9.89. The number of hydrogen-bond acceptors (Lipinski definition) is 6. The van der Waals surface area contributed by atoms with Gasteiger partial charge in [-0.1, -0.05) is 0 Å². The SMILES string of the molecule is CCOC(=O)c1ccc(Nc2cc(C)nc3ccc(C(=O)OCC)cc23)cc1.[Cl-]. The summed E-state index contributed by atoms with van der Waals surface area (Å²) in [5.41, 5.74) is 4.22. The first kappa shape index (κ1) is 22.2. The fourth-order valence-corrected chi connectivity index (χ4v) is 2.86. The van der Waals surface area contributed by atoms with Crippen LogP contribution in [-0.2, 0) is 9.47 Å². The molecule has 0 aliphatic heterocycles. The smallest absolute Gasteiger partial charge is 0.338 e. The van der Waals surface area contributed by atoms with Crippen molar-refractivity contribution in [2.24, 2.45) is 0 Å². The molecule has 0 saturated heterocycles. The van der Waals surface area contributed by atoms with Crippen LogP contribution in [0.5, 0.6) is 0 Å². The molecule has 0 radical (unpaired) electrons. The molecule has 0 unspecified atom stereocenters. The Labute approximate surface area is 175 Å². The Hall–Kier alpha value is -3.12. The molecule has 152 valence electrons. The fourth-order valence-electron chi connectivity index (χ4n) is 2.86. The summed E-state index contributed by atoms with van der Waals surface area (Å²) in [6.45, 7) is 6.12. The van der Waals surface area contributed by atoms with Gasteiger partial charge in [0.25, 0.3) is 0 Å². The van der Waals surface area contributed by atoms with Gasteiger partial charge in [-0.05, 0) is 69.3 Å². The molecule has 0 aliphatic carbocycles. The highest BCUT2D eigenvalue weighted by molar-refractivity contribution is 6.00. The zero-order valence-electron chi connectivity index (χ0n) is 16.5. The number of aromatic nitrogens is 1. The largest absolute Gasteiger partial charge is 1.00 e. The monoisotopic (exact) mass is 413 g/mol. The van der Waals surface area contributed by atoms with E-state index in [0.29, 0.717) is 24.3 Å². The lowest BCUT2D eigenvalue weighted by Gasteiger charge is -2.12. The van der Waals surface area contributed by atoms with E-state index >= 15 is 0 Å². The first-order chi connectivity index (χ1) is 13.5. The molecule has 0 fully saturated rings. The number of esters is 2. The van der Waals surface area contributed by atoms with Crippen molar-refractivity contribution in [3.63, 3.8) is 0 Å². The van der Waals surface area contributed by atoms with Crippen LogP contribution in [0.25, 0.3) is 10.9 Å². The van der Waals surface area contributed by atoms with Crippen LogP contribution in [0, 0.1) is 6.92 Å². The number of nitrogens with one attached hydrogen (secondary N) is 1. The van der Waals surface area contributed by atoms with Gasteiger partial charge in [0.05, 0.1) is 29.9 Å². The van der Waals surface area contributed by atoms with Crippen LogP contribution in [0.1, 0.15) is 40.3 Å². The Morgan fingerprint density at radius 2 is 1.48 bits per heavy atom. The van der Waals surface area contributed by atoms with Crippen molar-refractivity contribution in [2.75, 3.05) is 18.5 Å². The van der Waals surface area contributed by atoms with E-state index in [2.05, 4.69) is 10.3 Å². The zero-order valence-corrected chi connectivity index (χ0v) is 17.2. The van der Waals surface area contributed by atoms with Gasteiger partial charge in [0.1, 0.15) is 0 Å². The Morgan fingerprint density at radius 3 is 2.10 bits per heavy atom. The maximum atomic E-state index is 12.1. The Kier molecular flexibility index (Phi) is 7.56. The number of nitrogens with zero attached hydrogens (tertiary/aromatic N) is 1. The predicted molar refractivity (Wildman–Crippen MR) is 108 cm³/mol. The van der Waals surface area contributed by atoms with Crippen LogP contribution in [0.2, 0.25) is 0 Å². The average Bonchev–Trinajstić information content (AvgIpc) is 2.68. The van der Waals surface area contributed by atoms with E-state index in [4.69, 9.17) is 9.47 Å². The van der Waals surface area contributed by atoms with E-state index in [-0.39, 0.29) is 24.3 Å². The summed E-state index contributed by atoms with van der Waals surface area (Å²) in [5.74, 6) is -0.715. The van der Waals surface area contributed by atoms with Gasteiger partial charge in [0.2, 0.25) is 0 Å². The Morgan fingerprint density at radius 1 is 0.897 bits per heavy atom. The highest BCUT2D eigenvalue weighted by Gasteiger charge is 2.12. The molecule has 0 bridgehead atoms. The number of fused-ring (bicyclic) bond motifs is 1. The molecule has 0 spiro atoms. The van der Waals surface area contributed by atoms with E-state index in [0.717, 1.165) is 28.0 Å². The molecule has 0 atom stereocenters. The van der Waals surface area contributed by atoms with Gasteiger partial charge in [-0.2, -0.15) is 0 Å². The molecule has 3 aromatic rings. The highest BCUT2D eigenvalue weighted by Crippen LogP contribution is 2.28. The van der Waals surface area contributed by atoms with Gasteiger partial charge in [-0.25, -0.2) is 9.59 Å². The molecule has 3 rings (SSSR count). The van der Waals surface area contributed by atoms with Crippen LogP contribution in [0.3, 0.4) is 0 Å². The van der Waals surface area contributed by atoms with Crippen molar-refractivity contribution in [1.82, 2.24) is 4.98 Å². The molecule has 0 saturated carbocycles. The lowest BCUT2D eigenvalue weighted by atomic mass is 10.1. The van der Waals surface area contributed by atoms with Crippen molar-refractivity contribution < 1.29 is 31.5 Å². The maximum Gasteiger partial charge on any atom is 0.338 e. The molecule has 7 heteroatoms. The van der Waals surface area contributed by atoms with Crippen molar-refractivity contribution in [2.45, 2.75) is 20.8 Å². The van der Waals surface area contributed by atoms with E-state index in [1.807, 2.05) is 31.2 Å². The third-order valence-corrected chi connectivity index (χ3v) is 4.12. The molecule has 6 nitrogen and oxygen atoms in total. The number of rotatable bonds is 6. The van der Waals surface area contributed by atoms with Gasteiger partial charge in [-0.3, -0.25) is 4.98 Å². The lowest BCUT2D eigenvalue weighted by Crippen LogP contribution is -3.00. The van der Waals surface area contributed by atoms with Crippen LogP contribution < -0.4 is 17.7 Å². The quantitative estimate of drug-likeness (QED) is 0.619. The second-order valence-corrected chi connectivity index (χ2v) is 6.19. The van der Waals surface area contributed by atoms with Crippen LogP contribution in [-0.4, -0.2) is 30.1 Å². The fraction of sp³-hybridized carbons (Fsp3) is 0.227. The first-order valence-electron chi connectivity index (χ1n) is 9.14. The van der Waals surface area contributed by atoms with Crippen LogP contribution in [0.15, 0.2) is 48.5 Å². The van der Waals surface area contributed by atoms with E-state index < -0.39 is 0 Å². The standard InChI is InChI=1S/C22H22N2O4.ClH/c1-4-27-21(25)15-6-9-17(10-7-15)24-20-12-14(3)23-19-11-8-16(13-18(19)20)22(26)28-5-2;/h6-13H,4-5H2,1-3H3,(H,23,24);1H/p-1. The van der Waals surface area contributed by atoms with Crippen LogP contribution in [0.4, 0.5) is 11.4 Å². The third-order valence-electron chi connectivity index (χ3n) is 4.12. The number of anilines is 2. The molecule has 1 aromatic heterocycles. The molecule has 2 aromatic carbocycles. The third kappa shape index (κ3) is 5.23. The Balaban J connectivity index is 0.00000300. The average molecular weight is 414 g/mol. The molecule has 1 heterocycles. The summed E-state index contributed by atoms with van der Waals surface area (Å²) in [6, 6.07) is 14.2. The highest BCUT2D eigenvalue weighted by atomic mass is 35.5. The molecule has 29 heavy (non-hydrogen) atoms. The lowest BCUT2D eigenvalue weighted by molar-refractivity contribution is -0.0000410. The van der Waals surface area contributed by atoms with Crippen LogP contribution >= 0.6 is 0 Å². The molecular formula is C22H22ClN2O4-. The minimum atomic E-state index is -0.366. The topological polar surface area (TPSA) is 77.5 Å². The normalized spacial score (nSPS) is 10.2. The summed E-state index contributed by atoms with van der Waals surface area (Å²) >= 11 is 0. The van der Waals surface area contributed by atoms with Gasteiger partial charge in [0, 0.05) is 22.5 Å². The number of hydrogen-bond donors (Lipinski definition) is 1. The van der Waals surface area contributed by atoms with E-state index in [1.54, 1.807) is 38.1 Å². The number of halogens is 1. The molecule has 1 N–H and O–H groups in total. The number of benzene rings is 2.